The molecule has 0 spiro atoms. The van der Waals surface area contributed by atoms with Gasteiger partial charge in [0.2, 0.25) is 0 Å². The highest BCUT2D eigenvalue weighted by molar-refractivity contribution is 5.19. The average molecular weight is 300 g/mol. The molecule has 7 atom stereocenters. The third-order valence-electron chi connectivity index (χ3n) is 6.46. The molecule has 3 aliphatic carbocycles. The fourth-order valence-electron chi connectivity index (χ4n) is 5.51. The molecular formula is C21H32O. The molecule has 0 heterocycles. The SMILES string of the molecule is C=CC[C@@H]1[C@@H]([C@@H](O)/C=C/CCCCC)C[C@@H]2[C@H]1[C@@H]1C=C[C@H]2C1. The molecule has 2 bridgehead atoms. The van der Waals surface area contributed by atoms with E-state index in [1.54, 1.807) is 0 Å². The molecule has 2 saturated carbocycles. The van der Waals surface area contributed by atoms with Gasteiger partial charge in [-0.1, -0.05) is 50.1 Å². The Bertz CT molecular complexity index is 435. The summed E-state index contributed by atoms with van der Waals surface area (Å²) in [6.07, 6.45) is 19.6. The molecule has 1 heteroatoms. The van der Waals surface area contributed by atoms with Gasteiger partial charge in [-0.25, -0.2) is 0 Å². The average Bonchev–Trinajstić information content (AvgIpc) is 3.19. The minimum absolute atomic E-state index is 0.253. The highest BCUT2D eigenvalue weighted by atomic mass is 16.3. The Morgan fingerprint density at radius 1 is 1.23 bits per heavy atom. The van der Waals surface area contributed by atoms with Crippen molar-refractivity contribution >= 4 is 0 Å². The van der Waals surface area contributed by atoms with Gasteiger partial charge >= 0.3 is 0 Å². The van der Waals surface area contributed by atoms with Gasteiger partial charge in [0, 0.05) is 0 Å². The number of fused-ring (bicyclic) bond motifs is 5. The normalized spacial score (nSPS) is 40.5. The zero-order valence-electron chi connectivity index (χ0n) is 14.0. The lowest BCUT2D eigenvalue weighted by molar-refractivity contribution is 0.111. The minimum Gasteiger partial charge on any atom is -0.389 e. The first-order valence-corrected chi connectivity index (χ1v) is 9.40. The first-order chi connectivity index (χ1) is 10.8. The van der Waals surface area contributed by atoms with Crippen LogP contribution in [0.1, 0.15) is 51.9 Å². The van der Waals surface area contributed by atoms with Crippen molar-refractivity contribution in [3.8, 4) is 0 Å². The smallest absolute Gasteiger partial charge is 0.0752 e. The van der Waals surface area contributed by atoms with Crippen molar-refractivity contribution < 1.29 is 5.11 Å². The van der Waals surface area contributed by atoms with Crippen LogP contribution in [0.4, 0.5) is 0 Å². The van der Waals surface area contributed by atoms with Crippen molar-refractivity contribution in [3.63, 3.8) is 0 Å². The maximum Gasteiger partial charge on any atom is 0.0752 e. The van der Waals surface area contributed by atoms with E-state index in [-0.39, 0.29) is 6.10 Å². The zero-order chi connectivity index (χ0) is 15.5. The molecule has 3 aliphatic rings. The summed E-state index contributed by atoms with van der Waals surface area (Å²) in [6, 6.07) is 0. The second kappa shape index (κ2) is 7.17. The van der Waals surface area contributed by atoms with Crippen LogP contribution in [0.15, 0.2) is 37.0 Å². The summed E-state index contributed by atoms with van der Waals surface area (Å²) in [7, 11) is 0. The third-order valence-corrected chi connectivity index (χ3v) is 6.46. The van der Waals surface area contributed by atoms with Crippen molar-refractivity contribution in [2.45, 2.75) is 58.0 Å². The summed E-state index contributed by atoms with van der Waals surface area (Å²) in [4.78, 5) is 0. The number of hydrogen-bond acceptors (Lipinski definition) is 1. The van der Waals surface area contributed by atoms with Crippen molar-refractivity contribution in [2.24, 2.45) is 35.5 Å². The molecule has 3 rings (SSSR count). The van der Waals surface area contributed by atoms with Crippen LogP contribution in [-0.2, 0) is 0 Å². The molecule has 0 saturated heterocycles. The summed E-state index contributed by atoms with van der Waals surface area (Å²) < 4.78 is 0. The summed E-state index contributed by atoms with van der Waals surface area (Å²) in [5.74, 6) is 4.30. The molecule has 1 N–H and O–H groups in total. The van der Waals surface area contributed by atoms with Crippen LogP contribution in [-0.4, -0.2) is 11.2 Å². The lowest BCUT2D eigenvalue weighted by Gasteiger charge is -2.28. The summed E-state index contributed by atoms with van der Waals surface area (Å²) in [5.41, 5.74) is 0. The van der Waals surface area contributed by atoms with Gasteiger partial charge < -0.3 is 5.11 Å². The van der Waals surface area contributed by atoms with Gasteiger partial charge in [-0.3, -0.25) is 0 Å². The maximum atomic E-state index is 10.7. The largest absolute Gasteiger partial charge is 0.389 e. The maximum absolute atomic E-state index is 10.7. The van der Waals surface area contributed by atoms with E-state index in [1.807, 2.05) is 0 Å². The fraction of sp³-hybridized carbons (Fsp3) is 0.714. The van der Waals surface area contributed by atoms with E-state index >= 15 is 0 Å². The molecule has 22 heavy (non-hydrogen) atoms. The molecule has 122 valence electrons. The number of aliphatic hydroxyl groups is 1. The first kappa shape index (κ1) is 16.1. The molecule has 0 aromatic heterocycles. The van der Waals surface area contributed by atoms with Crippen molar-refractivity contribution in [1.29, 1.82) is 0 Å². The molecule has 0 amide bonds. The van der Waals surface area contributed by atoms with Crippen LogP contribution in [0.5, 0.6) is 0 Å². The lowest BCUT2D eigenvalue weighted by Crippen LogP contribution is -2.26. The van der Waals surface area contributed by atoms with Crippen LogP contribution in [0.2, 0.25) is 0 Å². The van der Waals surface area contributed by atoms with Crippen LogP contribution < -0.4 is 0 Å². The van der Waals surface area contributed by atoms with Gasteiger partial charge in [0.1, 0.15) is 0 Å². The van der Waals surface area contributed by atoms with Crippen LogP contribution in [0.3, 0.4) is 0 Å². The Hall–Kier alpha value is -0.820. The highest BCUT2D eigenvalue weighted by Gasteiger charge is 2.55. The number of unbranched alkanes of at least 4 members (excludes halogenated alkanes) is 3. The molecule has 0 aliphatic heterocycles. The molecule has 0 aromatic carbocycles. The summed E-state index contributed by atoms with van der Waals surface area (Å²) >= 11 is 0. The number of hydrogen-bond donors (Lipinski definition) is 1. The Morgan fingerprint density at radius 2 is 2.05 bits per heavy atom. The Morgan fingerprint density at radius 3 is 2.82 bits per heavy atom. The van der Waals surface area contributed by atoms with E-state index in [4.69, 9.17) is 0 Å². The first-order valence-electron chi connectivity index (χ1n) is 9.40. The zero-order valence-corrected chi connectivity index (χ0v) is 14.0. The van der Waals surface area contributed by atoms with E-state index in [0.29, 0.717) is 11.8 Å². The molecule has 0 radical (unpaired) electrons. The van der Waals surface area contributed by atoms with E-state index in [0.717, 1.165) is 36.5 Å². The second-order valence-electron chi connectivity index (χ2n) is 7.69. The molecule has 0 aromatic rings. The Balaban J connectivity index is 1.62. The third kappa shape index (κ3) is 2.97. The Kier molecular flexibility index (Phi) is 5.23. The minimum atomic E-state index is -0.253. The quantitative estimate of drug-likeness (QED) is 0.486. The fourth-order valence-corrected chi connectivity index (χ4v) is 5.51. The van der Waals surface area contributed by atoms with Gasteiger partial charge in [-0.05, 0) is 67.6 Å². The monoisotopic (exact) mass is 300 g/mol. The van der Waals surface area contributed by atoms with Crippen LogP contribution in [0.25, 0.3) is 0 Å². The van der Waals surface area contributed by atoms with Gasteiger partial charge in [0.25, 0.3) is 0 Å². The van der Waals surface area contributed by atoms with Crippen LogP contribution in [0, 0.1) is 35.5 Å². The Labute approximate surface area is 136 Å². The van der Waals surface area contributed by atoms with Gasteiger partial charge in [-0.15, -0.1) is 6.58 Å². The van der Waals surface area contributed by atoms with E-state index in [2.05, 4.69) is 43.9 Å². The topological polar surface area (TPSA) is 20.2 Å². The molecule has 0 unspecified atom stereocenters. The standard InChI is InChI=1S/C21H32O/c1-3-5-6-7-8-10-20(22)19-14-18-15-11-12-16(13-15)21(18)17(19)9-4-2/h4,8,10-12,15-22H,2-3,5-7,9,13-14H2,1H3/b10-8+/t15-,16+,17+,18-,19-,20-,21-/m0/s1. The number of aliphatic hydroxyl groups excluding tert-OH is 1. The molecule has 2 fully saturated rings. The predicted molar refractivity (Wildman–Crippen MR) is 93.4 cm³/mol. The van der Waals surface area contributed by atoms with Crippen LogP contribution >= 0.6 is 0 Å². The van der Waals surface area contributed by atoms with Crippen molar-refractivity contribution in [2.75, 3.05) is 0 Å². The summed E-state index contributed by atoms with van der Waals surface area (Å²) in [5, 5.41) is 10.7. The van der Waals surface area contributed by atoms with E-state index < -0.39 is 0 Å². The van der Waals surface area contributed by atoms with Gasteiger partial charge in [0.15, 0.2) is 0 Å². The predicted octanol–water partition coefficient (Wildman–Crippen LogP) is 5.13. The highest BCUT2D eigenvalue weighted by Crippen LogP contribution is 2.61. The lowest BCUT2D eigenvalue weighted by atomic mass is 9.77. The van der Waals surface area contributed by atoms with Gasteiger partial charge in [-0.2, -0.15) is 0 Å². The van der Waals surface area contributed by atoms with Crippen molar-refractivity contribution in [1.82, 2.24) is 0 Å². The van der Waals surface area contributed by atoms with Crippen molar-refractivity contribution in [3.05, 3.63) is 37.0 Å². The van der Waals surface area contributed by atoms with E-state index in [1.165, 1.54) is 32.1 Å². The van der Waals surface area contributed by atoms with E-state index in [9.17, 15) is 5.11 Å². The van der Waals surface area contributed by atoms with Gasteiger partial charge in [0.05, 0.1) is 6.10 Å². The molecule has 1 nitrogen and oxygen atoms in total. The number of rotatable bonds is 8. The number of allylic oxidation sites excluding steroid dienone is 4. The second-order valence-corrected chi connectivity index (χ2v) is 7.69. The summed E-state index contributed by atoms with van der Waals surface area (Å²) in [6.45, 7) is 6.21. The molecular weight excluding hydrogens is 268 g/mol.